The average molecular weight is 348 g/mol. The average Bonchev–Trinajstić information content (AvgIpc) is 2.39. The third-order valence-corrected chi connectivity index (χ3v) is 5.20. The number of benzene rings is 1. The van der Waals surface area contributed by atoms with Crippen LogP contribution in [-0.2, 0) is 10.0 Å². The van der Waals surface area contributed by atoms with E-state index >= 15 is 0 Å². The van der Waals surface area contributed by atoms with Crippen molar-refractivity contribution in [2.45, 2.75) is 44.4 Å². The van der Waals surface area contributed by atoms with Crippen molar-refractivity contribution in [3.05, 3.63) is 28.7 Å². The van der Waals surface area contributed by atoms with Crippen LogP contribution < -0.4 is 4.72 Å². The van der Waals surface area contributed by atoms with Gasteiger partial charge in [0.05, 0.1) is 4.90 Å². The molecule has 3 nitrogen and oxygen atoms in total. The van der Waals surface area contributed by atoms with Crippen LogP contribution in [0, 0.1) is 5.92 Å². The van der Waals surface area contributed by atoms with Crippen LogP contribution >= 0.6 is 15.9 Å². The summed E-state index contributed by atoms with van der Waals surface area (Å²) in [7, 11) is -3.38. The molecule has 1 aromatic rings. The van der Waals surface area contributed by atoms with E-state index in [4.69, 9.17) is 0 Å². The molecule has 0 aromatic heterocycles. The van der Waals surface area contributed by atoms with Gasteiger partial charge in [-0.15, -0.1) is 0 Å². The zero-order valence-corrected chi connectivity index (χ0v) is 13.9. The maximum Gasteiger partial charge on any atom is 0.240 e. The number of sulfonamides is 1. The molecule has 19 heavy (non-hydrogen) atoms. The first-order valence-electron chi connectivity index (χ1n) is 6.74. The van der Waals surface area contributed by atoms with Crippen molar-refractivity contribution in [2.24, 2.45) is 5.92 Å². The molecular formula is C14H22BrNO2S. The van der Waals surface area contributed by atoms with Crippen LogP contribution in [0.15, 0.2) is 33.6 Å². The fourth-order valence-corrected chi connectivity index (χ4v) is 3.25. The van der Waals surface area contributed by atoms with Crippen LogP contribution in [0.3, 0.4) is 0 Å². The first-order valence-corrected chi connectivity index (χ1v) is 9.02. The Kier molecular flexibility index (Phi) is 7.04. The predicted octanol–water partition coefficient (Wildman–Crippen LogP) is 3.94. The zero-order valence-electron chi connectivity index (χ0n) is 11.5. The van der Waals surface area contributed by atoms with Gasteiger partial charge in [0.15, 0.2) is 0 Å². The molecule has 0 amide bonds. The summed E-state index contributed by atoms with van der Waals surface area (Å²) in [6.45, 7) is 4.78. The van der Waals surface area contributed by atoms with Crippen molar-refractivity contribution in [2.75, 3.05) is 6.54 Å². The fourth-order valence-electron chi connectivity index (χ4n) is 1.87. The Morgan fingerprint density at radius 2 is 1.84 bits per heavy atom. The molecule has 0 aliphatic rings. The molecule has 0 aliphatic heterocycles. The highest BCUT2D eigenvalue weighted by molar-refractivity contribution is 9.10. The zero-order chi connectivity index (χ0) is 14.3. The summed E-state index contributed by atoms with van der Waals surface area (Å²) in [4.78, 5) is 0.320. The van der Waals surface area contributed by atoms with E-state index in [1.165, 1.54) is 0 Å². The molecule has 1 atom stereocenters. The number of halogens is 1. The van der Waals surface area contributed by atoms with E-state index in [2.05, 4.69) is 34.5 Å². The lowest BCUT2D eigenvalue weighted by molar-refractivity contribution is 0.444. The summed E-state index contributed by atoms with van der Waals surface area (Å²) < 4.78 is 27.8. The summed E-state index contributed by atoms with van der Waals surface area (Å²) in [5.41, 5.74) is 0. The highest BCUT2D eigenvalue weighted by atomic mass is 79.9. The molecule has 0 fully saturated rings. The summed E-state index contributed by atoms with van der Waals surface area (Å²) in [6, 6.07) is 6.70. The Labute approximate surface area is 125 Å². The normalized spacial score (nSPS) is 13.4. The van der Waals surface area contributed by atoms with E-state index in [1.807, 2.05) is 0 Å². The van der Waals surface area contributed by atoms with Gasteiger partial charge < -0.3 is 0 Å². The summed E-state index contributed by atoms with van der Waals surface area (Å²) in [5.74, 6) is 0.421. The van der Waals surface area contributed by atoms with Gasteiger partial charge in [-0.1, -0.05) is 49.0 Å². The van der Waals surface area contributed by atoms with Crippen LogP contribution in [-0.4, -0.2) is 15.0 Å². The summed E-state index contributed by atoms with van der Waals surface area (Å²) in [5, 5.41) is 0. The molecule has 0 spiro atoms. The Hall–Kier alpha value is -0.390. The van der Waals surface area contributed by atoms with Gasteiger partial charge in [-0.25, -0.2) is 13.1 Å². The standard InChI is InChI=1S/C14H22BrNO2S/c1-3-5-6-12(4-2)11-16-19(17,18)14-9-7-13(15)8-10-14/h7-10,12,16H,3-6,11H2,1-2H3. The Morgan fingerprint density at radius 3 is 2.37 bits per heavy atom. The van der Waals surface area contributed by atoms with E-state index in [1.54, 1.807) is 24.3 Å². The van der Waals surface area contributed by atoms with Gasteiger partial charge in [0.1, 0.15) is 0 Å². The number of hydrogen-bond acceptors (Lipinski definition) is 2. The lowest BCUT2D eigenvalue weighted by atomic mass is 10.00. The third kappa shape index (κ3) is 5.63. The molecule has 5 heteroatoms. The molecule has 0 aliphatic carbocycles. The Bertz CT molecular complexity index is 471. The van der Waals surface area contributed by atoms with Crippen molar-refractivity contribution in [3.63, 3.8) is 0 Å². The quantitative estimate of drug-likeness (QED) is 0.773. The molecular weight excluding hydrogens is 326 g/mol. The highest BCUT2D eigenvalue weighted by Crippen LogP contribution is 2.16. The lowest BCUT2D eigenvalue weighted by Gasteiger charge is -2.15. The minimum atomic E-state index is -3.38. The number of rotatable bonds is 8. The second-order valence-corrected chi connectivity index (χ2v) is 7.40. The number of nitrogens with one attached hydrogen (secondary N) is 1. The maximum absolute atomic E-state index is 12.1. The van der Waals surface area contributed by atoms with Gasteiger partial charge in [-0.2, -0.15) is 0 Å². The highest BCUT2D eigenvalue weighted by Gasteiger charge is 2.15. The largest absolute Gasteiger partial charge is 0.240 e. The van der Waals surface area contributed by atoms with E-state index < -0.39 is 10.0 Å². The summed E-state index contributed by atoms with van der Waals surface area (Å²) >= 11 is 3.30. The molecule has 1 unspecified atom stereocenters. The number of unbranched alkanes of at least 4 members (excludes halogenated alkanes) is 1. The maximum atomic E-state index is 12.1. The molecule has 1 aromatic carbocycles. The fraction of sp³-hybridized carbons (Fsp3) is 0.571. The molecule has 1 rings (SSSR count). The van der Waals surface area contributed by atoms with E-state index in [9.17, 15) is 8.42 Å². The predicted molar refractivity (Wildman–Crippen MR) is 82.6 cm³/mol. The van der Waals surface area contributed by atoms with Crippen LogP contribution in [0.1, 0.15) is 39.5 Å². The molecule has 0 heterocycles. The molecule has 0 bridgehead atoms. The van der Waals surface area contributed by atoms with E-state index in [0.717, 1.165) is 30.2 Å². The van der Waals surface area contributed by atoms with Crippen LogP contribution in [0.2, 0.25) is 0 Å². The minimum absolute atomic E-state index is 0.320. The first-order chi connectivity index (χ1) is 8.99. The van der Waals surface area contributed by atoms with Crippen molar-refractivity contribution >= 4 is 26.0 Å². The smallest absolute Gasteiger partial charge is 0.211 e. The van der Waals surface area contributed by atoms with Gasteiger partial charge in [-0.3, -0.25) is 0 Å². The molecule has 0 saturated heterocycles. The Morgan fingerprint density at radius 1 is 1.21 bits per heavy atom. The van der Waals surface area contributed by atoms with Crippen molar-refractivity contribution in [1.29, 1.82) is 0 Å². The lowest BCUT2D eigenvalue weighted by Crippen LogP contribution is -2.29. The van der Waals surface area contributed by atoms with E-state index in [-0.39, 0.29) is 0 Å². The Balaban J connectivity index is 2.61. The first kappa shape index (κ1) is 16.7. The molecule has 108 valence electrons. The minimum Gasteiger partial charge on any atom is -0.211 e. The van der Waals surface area contributed by atoms with Crippen LogP contribution in [0.5, 0.6) is 0 Å². The topological polar surface area (TPSA) is 46.2 Å². The number of hydrogen-bond donors (Lipinski definition) is 1. The second-order valence-electron chi connectivity index (χ2n) is 4.72. The van der Waals surface area contributed by atoms with E-state index in [0.29, 0.717) is 17.4 Å². The van der Waals surface area contributed by atoms with Gasteiger partial charge in [-0.05, 0) is 36.6 Å². The third-order valence-electron chi connectivity index (χ3n) is 3.23. The van der Waals surface area contributed by atoms with Crippen molar-refractivity contribution in [1.82, 2.24) is 4.72 Å². The van der Waals surface area contributed by atoms with Crippen LogP contribution in [0.4, 0.5) is 0 Å². The van der Waals surface area contributed by atoms with Gasteiger partial charge in [0, 0.05) is 11.0 Å². The second kappa shape index (κ2) is 8.02. The monoisotopic (exact) mass is 347 g/mol. The van der Waals surface area contributed by atoms with Crippen molar-refractivity contribution < 1.29 is 8.42 Å². The molecule has 0 radical (unpaired) electrons. The van der Waals surface area contributed by atoms with Crippen LogP contribution in [0.25, 0.3) is 0 Å². The molecule has 1 N–H and O–H groups in total. The van der Waals surface area contributed by atoms with Crippen molar-refractivity contribution in [3.8, 4) is 0 Å². The SMILES string of the molecule is CCCCC(CC)CNS(=O)(=O)c1ccc(Br)cc1. The summed E-state index contributed by atoms with van der Waals surface area (Å²) in [6.07, 6.45) is 4.38. The van der Waals surface area contributed by atoms with Gasteiger partial charge >= 0.3 is 0 Å². The van der Waals surface area contributed by atoms with Gasteiger partial charge in [0.2, 0.25) is 10.0 Å². The van der Waals surface area contributed by atoms with Gasteiger partial charge in [0.25, 0.3) is 0 Å². The molecule has 0 saturated carbocycles.